The number of carbonyl (C=O) groups is 1. The summed E-state index contributed by atoms with van der Waals surface area (Å²) >= 11 is 0. The molecule has 0 aromatic heterocycles. The third-order valence-corrected chi connectivity index (χ3v) is 1.29. The van der Waals surface area contributed by atoms with E-state index in [9.17, 15) is 18.0 Å². The molecule has 0 aliphatic carbocycles. The smallest absolute Gasteiger partial charge is 0.284 e. The number of Topliss-reactive ketones (excluding diaryl/α,β-unsaturated/α-hetero) is 1. The Morgan fingerprint density at radius 3 is 2.00 bits per heavy atom. The summed E-state index contributed by atoms with van der Waals surface area (Å²) in [4.78, 5) is 10.5. The number of halogens is 3. The Kier molecular flexibility index (Phi) is 2.17. The highest BCUT2D eigenvalue weighted by atomic mass is 19.3. The van der Waals surface area contributed by atoms with E-state index in [4.69, 9.17) is 0 Å². The Balaban J connectivity index is 2.94. The van der Waals surface area contributed by atoms with Crippen molar-refractivity contribution >= 4 is 5.78 Å². The van der Waals surface area contributed by atoms with Crippen LogP contribution in [0, 0.1) is 0 Å². The molecule has 0 saturated heterocycles. The van der Waals surface area contributed by atoms with Crippen LogP contribution < -0.4 is 0 Å². The molecule has 12 heavy (non-hydrogen) atoms. The van der Waals surface area contributed by atoms with Gasteiger partial charge in [0.2, 0.25) is 0 Å². The lowest BCUT2D eigenvalue weighted by molar-refractivity contribution is -0.0885. The van der Waals surface area contributed by atoms with Crippen molar-refractivity contribution in [2.45, 2.75) is 6.18 Å². The highest BCUT2D eigenvalue weighted by Crippen LogP contribution is 2.20. The number of carbonyl (C=O) groups excluding carboxylic acids is 1. The molecule has 1 nitrogen and oxygen atoms in total. The van der Waals surface area contributed by atoms with Crippen LogP contribution in [0.1, 0.15) is 10.4 Å². The maximum atomic E-state index is 11.8. The van der Waals surface area contributed by atoms with Crippen LogP contribution in [-0.4, -0.2) is 12.0 Å². The molecular formula is C8H5F3O. The van der Waals surface area contributed by atoms with E-state index in [0.29, 0.717) is 0 Å². The van der Waals surface area contributed by atoms with Crippen molar-refractivity contribution in [3.63, 3.8) is 0 Å². The molecule has 4 heteroatoms. The summed E-state index contributed by atoms with van der Waals surface area (Å²) in [6, 6.07) is 6.59. The fourth-order valence-electron chi connectivity index (χ4n) is 0.753. The van der Waals surface area contributed by atoms with E-state index in [1.54, 1.807) is 6.07 Å². The molecular weight excluding hydrogens is 168 g/mol. The lowest BCUT2D eigenvalue weighted by atomic mass is 10.1. The van der Waals surface area contributed by atoms with E-state index in [2.05, 4.69) is 0 Å². The zero-order valence-electron chi connectivity index (χ0n) is 5.93. The number of benzene rings is 1. The van der Waals surface area contributed by atoms with Crippen LogP contribution in [-0.2, 0) is 0 Å². The van der Waals surface area contributed by atoms with Gasteiger partial charge in [-0.05, 0) is 0 Å². The summed E-state index contributed by atoms with van der Waals surface area (Å²) < 4.78 is 35.4. The largest absolute Gasteiger partial charge is 0.454 e. The Labute approximate surface area is 66.8 Å². The lowest BCUT2D eigenvalue weighted by Gasteiger charge is -2.03. The van der Waals surface area contributed by atoms with Gasteiger partial charge in [0.05, 0.1) is 0 Å². The van der Waals surface area contributed by atoms with Crippen LogP contribution in [0.2, 0.25) is 0 Å². The Morgan fingerprint density at radius 1 is 1.08 bits per heavy atom. The summed E-state index contributed by atoms with van der Waals surface area (Å²) in [7, 11) is 0. The normalized spacial score (nSPS) is 11.2. The molecule has 1 aromatic carbocycles. The van der Waals surface area contributed by atoms with Crippen LogP contribution >= 0.6 is 0 Å². The van der Waals surface area contributed by atoms with Gasteiger partial charge >= 0.3 is 6.18 Å². The first-order valence-electron chi connectivity index (χ1n) is 3.18. The molecule has 0 fully saturated rings. The molecule has 0 bridgehead atoms. The molecule has 0 radical (unpaired) electrons. The van der Waals surface area contributed by atoms with Gasteiger partial charge in [0.1, 0.15) is 0 Å². The van der Waals surface area contributed by atoms with E-state index in [0.717, 1.165) is 12.1 Å². The molecule has 0 heterocycles. The van der Waals surface area contributed by atoms with Gasteiger partial charge in [0, 0.05) is 5.56 Å². The summed E-state index contributed by atoms with van der Waals surface area (Å²) in [6.07, 6.45) is -4.78. The van der Waals surface area contributed by atoms with Gasteiger partial charge in [0.15, 0.2) is 0 Å². The van der Waals surface area contributed by atoms with Gasteiger partial charge in [-0.3, -0.25) is 4.79 Å². The predicted molar refractivity (Wildman–Crippen MR) is 36.8 cm³/mol. The van der Waals surface area contributed by atoms with Crippen LogP contribution in [0.15, 0.2) is 30.3 Å². The number of hydrogen-bond acceptors (Lipinski definition) is 1. The molecule has 0 amide bonds. The molecule has 0 N–H and O–H groups in total. The minimum atomic E-state index is -4.78. The highest BCUT2D eigenvalue weighted by molar-refractivity contribution is 6.00. The molecule has 0 aliphatic heterocycles. The first-order chi connectivity index (χ1) is 5.52. The first kappa shape index (κ1) is 8.77. The molecule has 0 atom stereocenters. The van der Waals surface area contributed by atoms with Gasteiger partial charge in [-0.25, -0.2) is 0 Å². The van der Waals surface area contributed by atoms with E-state index in [1.807, 2.05) is 0 Å². The second-order valence-electron chi connectivity index (χ2n) is 2.19. The topological polar surface area (TPSA) is 17.1 Å². The molecule has 0 spiro atoms. The van der Waals surface area contributed by atoms with Crippen LogP contribution in [0.25, 0.3) is 0 Å². The summed E-state index contributed by atoms with van der Waals surface area (Å²) in [5.41, 5.74) is -0.329. The number of hydrogen-bond donors (Lipinski definition) is 0. The Hall–Kier alpha value is -1.32. The number of ketones is 1. The van der Waals surface area contributed by atoms with E-state index < -0.39 is 12.0 Å². The minimum absolute atomic E-state index is 0.329. The zero-order chi connectivity index (χ0) is 9.19. The van der Waals surface area contributed by atoms with Crippen molar-refractivity contribution in [2.24, 2.45) is 0 Å². The summed E-state index contributed by atoms with van der Waals surface area (Å²) in [5.74, 6) is -1.80. The van der Waals surface area contributed by atoms with Crippen LogP contribution in [0.5, 0.6) is 0 Å². The summed E-state index contributed by atoms with van der Waals surface area (Å²) in [6.45, 7) is 0. The number of rotatable bonds is 1. The lowest BCUT2D eigenvalue weighted by Crippen LogP contribution is -2.22. The average molecular weight is 173 g/mol. The fraction of sp³-hybridized carbons (Fsp3) is 0.125. The minimum Gasteiger partial charge on any atom is -0.284 e. The van der Waals surface area contributed by atoms with Crippen molar-refractivity contribution in [1.29, 1.82) is 0 Å². The van der Waals surface area contributed by atoms with Crippen LogP contribution in [0.4, 0.5) is 13.2 Å². The Bertz CT molecular complexity index is 276. The van der Waals surface area contributed by atoms with Gasteiger partial charge in [0.25, 0.3) is 5.78 Å². The zero-order valence-corrected chi connectivity index (χ0v) is 5.93. The molecule has 0 unspecified atom stereocenters. The van der Waals surface area contributed by atoms with Crippen molar-refractivity contribution in [3.05, 3.63) is 35.9 Å². The molecule has 64 valence electrons. The van der Waals surface area contributed by atoms with Crippen LogP contribution in [0.3, 0.4) is 0 Å². The average Bonchev–Trinajstić information content (AvgIpc) is 2.03. The van der Waals surface area contributed by atoms with E-state index in [1.165, 1.54) is 12.1 Å². The third-order valence-electron chi connectivity index (χ3n) is 1.29. The van der Waals surface area contributed by atoms with Crippen molar-refractivity contribution in [2.75, 3.05) is 0 Å². The first-order valence-corrected chi connectivity index (χ1v) is 3.18. The van der Waals surface area contributed by atoms with Crippen molar-refractivity contribution in [1.82, 2.24) is 0 Å². The van der Waals surface area contributed by atoms with Gasteiger partial charge in [-0.1, -0.05) is 30.3 Å². The highest BCUT2D eigenvalue weighted by Gasteiger charge is 2.38. The molecule has 1 rings (SSSR count). The molecule has 0 aliphatic rings. The maximum Gasteiger partial charge on any atom is 0.454 e. The molecule has 1 aromatic rings. The quantitative estimate of drug-likeness (QED) is 0.596. The van der Waals surface area contributed by atoms with E-state index >= 15 is 0 Å². The predicted octanol–water partition coefficient (Wildman–Crippen LogP) is 2.43. The van der Waals surface area contributed by atoms with E-state index in [-0.39, 0.29) is 5.56 Å². The second-order valence-corrected chi connectivity index (χ2v) is 2.19. The second kappa shape index (κ2) is 2.97. The van der Waals surface area contributed by atoms with Gasteiger partial charge in [-0.2, -0.15) is 13.2 Å². The SMILES string of the molecule is O=C(c1ccccc1)C(F)(F)[18F]. The fourth-order valence-corrected chi connectivity index (χ4v) is 0.753. The Morgan fingerprint density at radius 2 is 1.58 bits per heavy atom. The monoisotopic (exact) mass is 173 g/mol. The van der Waals surface area contributed by atoms with Gasteiger partial charge < -0.3 is 0 Å². The maximum absolute atomic E-state index is 11.8. The standard InChI is InChI=1S/C8H5F3O/c9-8(10,11)7(12)6-4-2-1-3-5-6/h1-5H/i9-1. The molecule has 0 saturated carbocycles. The van der Waals surface area contributed by atoms with Crippen molar-refractivity contribution in [3.8, 4) is 0 Å². The third kappa shape index (κ3) is 1.84. The van der Waals surface area contributed by atoms with Gasteiger partial charge in [-0.15, -0.1) is 0 Å². The number of alkyl halides is 3. The summed E-state index contributed by atoms with van der Waals surface area (Å²) in [5, 5.41) is 0. The van der Waals surface area contributed by atoms with Crippen molar-refractivity contribution < 1.29 is 18.0 Å².